The molecule has 3 heterocycles. The quantitative estimate of drug-likeness (QED) is 0.720. The van der Waals surface area contributed by atoms with Crippen LogP contribution in [0.3, 0.4) is 0 Å². The van der Waals surface area contributed by atoms with Gasteiger partial charge in [0, 0.05) is 30.9 Å². The lowest BCUT2D eigenvalue weighted by molar-refractivity contribution is -0.124. The smallest absolute Gasteiger partial charge is 0.243 e. The first-order valence-corrected chi connectivity index (χ1v) is 9.45. The summed E-state index contributed by atoms with van der Waals surface area (Å²) in [7, 11) is 0. The van der Waals surface area contributed by atoms with Gasteiger partial charge in [0.05, 0.1) is 39.1 Å². The minimum atomic E-state index is -0.194. The number of ether oxygens (including phenoxy) is 3. The zero-order valence-corrected chi connectivity index (χ0v) is 15.6. The van der Waals surface area contributed by atoms with Gasteiger partial charge in [-0.25, -0.2) is 0 Å². The molecule has 150 valence electrons. The van der Waals surface area contributed by atoms with Gasteiger partial charge in [-0.05, 0) is 29.5 Å². The van der Waals surface area contributed by atoms with E-state index in [9.17, 15) is 4.79 Å². The number of aromatic nitrogens is 4. The lowest BCUT2D eigenvalue weighted by atomic mass is 10.2. The summed E-state index contributed by atoms with van der Waals surface area (Å²) in [6.45, 7) is 5.34. The molecule has 0 saturated carbocycles. The Hall–Kier alpha value is -2.56. The zero-order valence-electron chi connectivity index (χ0n) is 15.6. The summed E-state index contributed by atoms with van der Waals surface area (Å²) in [6.07, 6.45) is -0.109. The van der Waals surface area contributed by atoms with Crippen LogP contribution in [0, 0.1) is 0 Å². The summed E-state index contributed by atoms with van der Waals surface area (Å²) in [4.78, 5) is 15.6. The van der Waals surface area contributed by atoms with Crippen LogP contribution in [0.1, 0.15) is 0 Å². The predicted molar refractivity (Wildman–Crippen MR) is 99.9 cm³/mol. The maximum atomic E-state index is 12.1. The molecular weight excluding hydrogens is 364 g/mol. The molecule has 10 nitrogen and oxygen atoms in total. The fourth-order valence-corrected chi connectivity index (χ4v) is 3.14. The summed E-state index contributed by atoms with van der Waals surface area (Å²) in [5.74, 6) is 0.297. The van der Waals surface area contributed by atoms with E-state index in [1.54, 1.807) is 0 Å². The van der Waals surface area contributed by atoms with Crippen LogP contribution >= 0.6 is 0 Å². The molecule has 2 saturated heterocycles. The molecule has 10 heteroatoms. The number of morpholine rings is 1. The van der Waals surface area contributed by atoms with Gasteiger partial charge in [-0.2, -0.15) is 4.80 Å². The van der Waals surface area contributed by atoms with Crippen molar-refractivity contribution in [3.63, 3.8) is 0 Å². The molecule has 1 aromatic heterocycles. The highest BCUT2D eigenvalue weighted by atomic mass is 16.6. The lowest BCUT2D eigenvalue weighted by Gasteiger charge is -2.28. The second-order valence-corrected chi connectivity index (χ2v) is 6.66. The third-order valence-corrected chi connectivity index (χ3v) is 4.65. The molecule has 2 aliphatic heterocycles. The molecule has 0 unspecified atom stereocenters. The SMILES string of the molecule is O=C(Cn1nnc(-c2ccc(N3CCOCC3)cc2)n1)NC[C@H]1COCCO1. The number of benzene rings is 1. The first-order valence-electron chi connectivity index (χ1n) is 9.45. The number of nitrogens with zero attached hydrogens (tertiary/aromatic N) is 5. The molecule has 0 bridgehead atoms. The topological polar surface area (TPSA) is 104 Å². The third-order valence-electron chi connectivity index (χ3n) is 4.65. The monoisotopic (exact) mass is 388 g/mol. The van der Waals surface area contributed by atoms with Gasteiger partial charge in [0.15, 0.2) is 0 Å². The number of carbonyl (C=O) groups excluding carboxylic acids is 1. The Morgan fingerprint density at radius 2 is 1.93 bits per heavy atom. The second kappa shape index (κ2) is 9.09. The van der Waals surface area contributed by atoms with Crippen LogP contribution in [0.15, 0.2) is 24.3 Å². The van der Waals surface area contributed by atoms with Gasteiger partial charge in [0.2, 0.25) is 11.7 Å². The Morgan fingerprint density at radius 1 is 1.11 bits per heavy atom. The molecule has 2 aromatic rings. The summed E-state index contributed by atoms with van der Waals surface area (Å²) < 4.78 is 16.2. The molecule has 1 N–H and O–H groups in total. The van der Waals surface area contributed by atoms with Crippen LogP contribution < -0.4 is 10.2 Å². The Balaban J connectivity index is 1.30. The van der Waals surface area contributed by atoms with Crippen LogP contribution in [-0.2, 0) is 25.5 Å². The third kappa shape index (κ3) is 4.83. The van der Waals surface area contributed by atoms with E-state index in [0.29, 0.717) is 32.2 Å². The molecule has 0 aliphatic carbocycles. The Morgan fingerprint density at radius 3 is 2.68 bits per heavy atom. The van der Waals surface area contributed by atoms with Crippen molar-refractivity contribution in [2.45, 2.75) is 12.6 Å². The first kappa shape index (κ1) is 18.8. The Bertz CT molecular complexity index is 769. The number of hydrogen-bond acceptors (Lipinski definition) is 8. The van der Waals surface area contributed by atoms with Crippen molar-refractivity contribution in [2.24, 2.45) is 0 Å². The molecule has 1 amide bonds. The summed E-state index contributed by atoms with van der Waals surface area (Å²) in [5.41, 5.74) is 2.00. The van der Waals surface area contributed by atoms with Crippen molar-refractivity contribution in [2.75, 3.05) is 57.6 Å². The molecule has 0 radical (unpaired) electrons. The summed E-state index contributed by atoms with van der Waals surface area (Å²) in [6, 6.07) is 8.01. The van der Waals surface area contributed by atoms with E-state index in [-0.39, 0.29) is 18.6 Å². The Kier molecular flexibility index (Phi) is 6.10. The van der Waals surface area contributed by atoms with Gasteiger partial charge in [-0.15, -0.1) is 10.2 Å². The number of hydrogen-bond donors (Lipinski definition) is 1. The standard InChI is InChI=1S/C18H24N6O4/c25-17(19-11-16-13-27-9-10-28-16)12-24-21-18(20-22-24)14-1-3-15(4-2-14)23-5-7-26-8-6-23/h1-4,16H,5-13H2,(H,19,25)/t16-/m0/s1. The largest absolute Gasteiger partial charge is 0.378 e. The molecule has 1 aromatic carbocycles. The molecule has 4 rings (SSSR count). The highest BCUT2D eigenvalue weighted by Crippen LogP contribution is 2.21. The number of anilines is 1. The van der Waals surface area contributed by atoms with E-state index in [1.165, 1.54) is 4.80 Å². The maximum Gasteiger partial charge on any atom is 0.243 e. The average molecular weight is 388 g/mol. The van der Waals surface area contributed by atoms with Gasteiger partial charge >= 0.3 is 0 Å². The van der Waals surface area contributed by atoms with E-state index in [4.69, 9.17) is 14.2 Å². The molecule has 2 fully saturated rings. The number of carbonyl (C=O) groups is 1. The average Bonchev–Trinajstić information content (AvgIpc) is 3.22. The van der Waals surface area contributed by atoms with E-state index >= 15 is 0 Å². The van der Waals surface area contributed by atoms with Crippen LogP contribution in [0.5, 0.6) is 0 Å². The highest BCUT2D eigenvalue weighted by Gasteiger charge is 2.16. The van der Waals surface area contributed by atoms with Gasteiger partial charge in [-0.3, -0.25) is 4.79 Å². The van der Waals surface area contributed by atoms with Gasteiger partial charge in [-0.1, -0.05) is 0 Å². The number of tetrazole rings is 1. The minimum Gasteiger partial charge on any atom is -0.378 e. The number of amides is 1. The number of rotatable bonds is 6. The number of nitrogens with one attached hydrogen (secondary N) is 1. The van der Waals surface area contributed by atoms with E-state index in [1.807, 2.05) is 24.3 Å². The van der Waals surface area contributed by atoms with Crippen molar-refractivity contribution in [1.82, 2.24) is 25.5 Å². The van der Waals surface area contributed by atoms with E-state index < -0.39 is 0 Å². The molecule has 2 aliphatic rings. The van der Waals surface area contributed by atoms with Crippen LogP contribution in [0.4, 0.5) is 5.69 Å². The second-order valence-electron chi connectivity index (χ2n) is 6.66. The molecular formula is C18H24N6O4. The fourth-order valence-electron chi connectivity index (χ4n) is 3.14. The normalized spacial score (nSPS) is 20.1. The van der Waals surface area contributed by atoms with Crippen LogP contribution in [0.25, 0.3) is 11.4 Å². The molecule has 1 atom stereocenters. The minimum absolute atomic E-state index is 0.00639. The lowest BCUT2D eigenvalue weighted by Crippen LogP contribution is -2.40. The van der Waals surface area contributed by atoms with Gasteiger partial charge in [0.1, 0.15) is 6.54 Å². The summed E-state index contributed by atoms with van der Waals surface area (Å²) >= 11 is 0. The maximum absolute atomic E-state index is 12.1. The fraction of sp³-hybridized carbons (Fsp3) is 0.556. The van der Waals surface area contributed by atoms with Crippen molar-refractivity contribution < 1.29 is 19.0 Å². The van der Waals surface area contributed by atoms with E-state index in [0.717, 1.165) is 37.6 Å². The zero-order chi connectivity index (χ0) is 19.2. The summed E-state index contributed by atoms with van der Waals surface area (Å²) in [5, 5.41) is 15.1. The molecule has 0 spiro atoms. The highest BCUT2D eigenvalue weighted by molar-refractivity contribution is 5.75. The molecule has 28 heavy (non-hydrogen) atoms. The first-order chi connectivity index (χ1) is 13.8. The van der Waals surface area contributed by atoms with Gasteiger partial charge in [0.25, 0.3) is 0 Å². The van der Waals surface area contributed by atoms with Crippen LogP contribution in [0.2, 0.25) is 0 Å². The Labute approximate surface area is 162 Å². The van der Waals surface area contributed by atoms with Crippen molar-refractivity contribution in [3.05, 3.63) is 24.3 Å². The van der Waals surface area contributed by atoms with Crippen molar-refractivity contribution in [3.8, 4) is 11.4 Å². The van der Waals surface area contributed by atoms with Crippen molar-refractivity contribution in [1.29, 1.82) is 0 Å². The van der Waals surface area contributed by atoms with Crippen molar-refractivity contribution >= 4 is 11.6 Å². The van der Waals surface area contributed by atoms with E-state index in [2.05, 4.69) is 25.6 Å². The predicted octanol–water partition coefficient (Wildman–Crippen LogP) is -0.292. The van der Waals surface area contributed by atoms with Crippen LogP contribution in [-0.4, -0.2) is 84.9 Å². The van der Waals surface area contributed by atoms with Gasteiger partial charge < -0.3 is 24.4 Å².